The summed E-state index contributed by atoms with van der Waals surface area (Å²) in [7, 11) is 1.93. The van der Waals surface area contributed by atoms with E-state index in [0.29, 0.717) is 13.2 Å². The van der Waals surface area contributed by atoms with Crippen LogP contribution in [0.4, 0.5) is 5.69 Å². The predicted octanol–water partition coefficient (Wildman–Crippen LogP) is 2.95. The molecular formula is C15H17NO2. The fourth-order valence-electron chi connectivity index (χ4n) is 2.42. The second-order valence-corrected chi connectivity index (χ2v) is 4.82. The molecule has 1 fully saturated rings. The highest BCUT2D eigenvalue weighted by atomic mass is 16.5. The molecule has 94 valence electrons. The summed E-state index contributed by atoms with van der Waals surface area (Å²) in [5, 5.41) is 3.17. The van der Waals surface area contributed by atoms with Gasteiger partial charge in [0.1, 0.15) is 11.5 Å². The standard InChI is InChI=1S/C15H17NO2/c1-11-6-7-14(18-11)15(9-17-10-15)12-4-3-5-13(8-12)16-2/h3-8,16H,9-10H2,1-2H3. The molecule has 3 rings (SSSR count). The third kappa shape index (κ3) is 1.63. The van der Waals surface area contributed by atoms with E-state index in [4.69, 9.17) is 9.15 Å². The average molecular weight is 243 g/mol. The lowest BCUT2D eigenvalue weighted by Gasteiger charge is -2.40. The largest absolute Gasteiger partial charge is 0.465 e. The first-order valence-corrected chi connectivity index (χ1v) is 6.17. The van der Waals surface area contributed by atoms with Gasteiger partial charge in [-0.1, -0.05) is 12.1 Å². The molecule has 0 radical (unpaired) electrons. The van der Waals surface area contributed by atoms with E-state index in [1.807, 2.05) is 20.0 Å². The monoisotopic (exact) mass is 243 g/mol. The topological polar surface area (TPSA) is 34.4 Å². The molecule has 0 unspecified atom stereocenters. The molecule has 1 saturated heterocycles. The molecule has 0 spiro atoms. The maximum atomic E-state index is 5.82. The lowest BCUT2D eigenvalue weighted by atomic mass is 9.76. The summed E-state index contributed by atoms with van der Waals surface area (Å²) in [6.45, 7) is 3.35. The molecule has 18 heavy (non-hydrogen) atoms. The van der Waals surface area contributed by atoms with Crippen molar-refractivity contribution < 1.29 is 9.15 Å². The Hall–Kier alpha value is -1.74. The van der Waals surface area contributed by atoms with Crippen molar-refractivity contribution in [2.75, 3.05) is 25.6 Å². The van der Waals surface area contributed by atoms with E-state index in [9.17, 15) is 0 Å². The summed E-state index contributed by atoms with van der Waals surface area (Å²) < 4.78 is 11.3. The number of benzene rings is 1. The van der Waals surface area contributed by atoms with Crippen molar-refractivity contribution in [3.63, 3.8) is 0 Å². The van der Waals surface area contributed by atoms with Crippen LogP contribution in [0.15, 0.2) is 40.8 Å². The maximum Gasteiger partial charge on any atom is 0.119 e. The average Bonchev–Trinajstić information content (AvgIpc) is 2.75. The first-order chi connectivity index (χ1) is 8.74. The molecule has 0 saturated carbocycles. The zero-order chi connectivity index (χ0) is 12.6. The molecule has 1 aliphatic rings. The number of rotatable bonds is 3. The highest BCUT2D eigenvalue weighted by molar-refractivity contribution is 5.50. The molecule has 1 N–H and O–H groups in total. The van der Waals surface area contributed by atoms with Gasteiger partial charge in [0.2, 0.25) is 0 Å². The summed E-state index contributed by atoms with van der Waals surface area (Å²) >= 11 is 0. The molecule has 0 bridgehead atoms. The van der Waals surface area contributed by atoms with Crippen LogP contribution in [0.3, 0.4) is 0 Å². The van der Waals surface area contributed by atoms with Crippen molar-refractivity contribution in [3.8, 4) is 0 Å². The Balaban J connectivity index is 2.05. The van der Waals surface area contributed by atoms with Crippen molar-refractivity contribution in [3.05, 3.63) is 53.5 Å². The highest BCUT2D eigenvalue weighted by Gasteiger charge is 2.44. The Morgan fingerprint density at radius 3 is 2.56 bits per heavy atom. The second kappa shape index (κ2) is 4.18. The first-order valence-electron chi connectivity index (χ1n) is 6.17. The van der Waals surface area contributed by atoms with Crippen molar-refractivity contribution in [1.29, 1.82) is 0 Å². The Morgan fingerprint density at radius 2 is 2.00 bits per heavy atom. The first kappa shape index (κ1) is 11.4. The van der Waals surface area contributed by atoms with Crippen LogP contribution in [0.2, 0.25) is 0 Å². The number of ether oxygens (including phenoxy) is 1. The van der Waals surface area contributed by atoms with Gasteiger partial charge in [0, 0.05) is 12.7 Å². The van der Waals surface area contributed by atoms with Crippen LogP contribution < -0.4 is 5.32 Å². The van der Waals surface area contributed by atoms with Gasteiger partial charge >= 0.3 is 0 Å². The van der Waals surface area contributed by atoms with E-state index < -0.39 is 0 Å². The number of hydrogen-bond donors (Lipinski definition) is 1. The summed E-state index contributed by atoms with van der Waals surface area (Å²) in [4.78, 5) is 0. The molecule has 0 amide bonds. The van der Waals surface area contributed by atoms with Gasteiger partial charge in [-0.2, -0.15) is 0 Å². The molecule has 0 aliphatic carbocycles. The normalized spacial score (nSPS) is 17.2. The van der Waals surface area contributed by atoms with E-state index in [1.54, 1.807) is 0 Å². The van der Waals surface area contributed by atoms with E-state index >= 15 is 0 Å². The summed E-state index contributed by atoms with van der Waals surface area (Å²) in [6, 6.07) is 12.5. The third-order valence-electron chi connectivity index (χ3n) is 3.61. The predicted molar refractivity (Wildman–Crippen MR) is 71.0 cm³/mol. The maximum absolute atomic E-state index is 5.82. The fourth-order valence-corrected chi connectivity index (χ4v) is 2.42. The number of anilines is 1. The van der Waals surface area contributed by atoms with E-state index in [0.717, 1.165) is 17.2 Å². The SMILES string of the molecule is CNc1cccc(C2(c3ccc(C)o3)COC2)c1. The van der Waals surface area contributed by atoms with Crippen LogP contribution in [-0.4, -0.2) is 20.3 Å². The minimum absolute atomic E-state index is 0.110. The summed E-state index contributed by atoms with van der Waals surface area (Å²) in [5.41, 5.74) is 2.25. The molecule has 2 heterocycles. The highest BCUT2D eigenvalue weighted by Crippen LogP contribution is 2.40. The van der Waals surface area contributed by atoms with Gasteiger partial charge in [0.05, 0.1) is 18.6 Å². The van der Waals surface area contributed by atoms with Crippen molar-refractivity contribution >= 4 is 5.69 Å². The van der Waals surface area contributed by atoms with Crippen molar-refractivity contribution in [2.24, 2.45) is 0 Å². The van der Waals surface area contributed by atoms with Crippen molar-refractivity contribution in [2.45, 2.75) is 12.3 Å². The molecule has 2 aromatic rings. The zero-order valence-corrected chi connectivity index (χ0v) is 10.7. The third-order valence-corrected chi connectivity index (χ3v) is 3.61. The van der Waals surface area contributed by atoms with E-state index in [2.05, 4.69) is 35.6 Å². The zero-order valence-electron chi connectivity index (χ0n) is 10.7. The van der Waals surface area contributed by atoms with Gasteiger partial charge in [0.15, 0.2) is 0 Å². The van der Waals surface area contributed by atoms with Gasteiger partial charge in [-0.25, -0.2) is 0 Å². The molecule has 1 aromatic carbocycles. The Kier molecular flexibility index (Phi) is 2.63. The quantitative estimate of drug-likeness (QED) is 0.900. The summed E-state index contributed by atoms with van der Waals surface area (Å²) in [6.07, 6.45) is 0. The number of nitrogens with one attached hydrogen (secondary N) is 1. The number of furan rings is 1. The number of aryl methyl sites for hydroxylation is 1. The smallest absolute Gasteiger partial charge is 0.119 e. The Morgan fingerprint density at radius 1 is 1.17 bits per heavy atom. The van der Waals surface area contributed by atoms with E-state index in [-0.39, 0.29) is 5.41 Å². The van der Waals surface area contributed by atoms with Crippen LogP contribution in [0, 0.1) is 6.92 Å². The van der Waals surface area contributed by atoms with Crippen LogP contribution in [0.25, 0.3) is 0 Å². The van der Waals surface area contributed by atoms with Gasteiger partial charge in [-0.15, -0.1) is 0 Å². The Labute approximate surface area is 107 Å². The van der Waals surface area contributed by atoms with Crippen LogP contribution >= 0.6 is 0 Å². The summed E-state index contributed by atoms with van der Waals surface area (Å²) in [5.74, 6) is 1.94. The van der Waals surface area contributed by atoms with Crippen LogP contribution in [-0.2, 0) is 10.2 Å². The van der Waals surface area contributed by atoms with Crippen LogP contribution in [0.5, 0.6) is 0 Å². The van der Waals surface area contributed by atoms with Crippen molar-refractivity contribution in [1.82, 2.24) is 0 Å². The molecule has 1 aliphatic heterocycles. The molecule has 3 heteroatoms. The molecular weight excluding hydrogens is 226 g/mol. The van der Waals surface area contributed by atoms with E-state index in [1.165, 1.54) is 5.56 Å². The van der Waals surface area contributed by atoms with Gasteiger partial charge in [-0.05, 0) is 36.8 Å². The van der Waals surface area contributed by atoms with Gasteiger partial charge in [0.25, 0.3) is 0 Å². The molecule has 3 nitrogen and oxygen atoms in total. The molecule has 0 atom stereocenters. The second-order valence-electron chi connectivity index (χ2n) is 4.82. The minimum Gasteiger partial charge on any atom is -0.465 e. The lowest BCUT2D eigenvalue weighted by molar-refractivity contribution is -0.0478. The lowest BCUT2D eigenvalue weighted by Crippen LogP contribution is -2.47. The van der Waals surface area contributed by atoms with Gasteiger partial charge < -0.3 is 14.5 Å². The fraction of sp³-hybridized carbons (Fsp3) is 0.333. The Bertz CT molecular complexity index is 555. The molecule has 1 aromatic heterocycles. The van der Waals surface area contributed by atoms with Crippen LogP contribution in [0.1, 0.15) is 17.1 Å². The van der Waals surface area contributed by atoms with Gasteiger partial charge in [-0.3, -0.25) is 0 Å². The number of hydrogen-bond acceptors (Lipinski definition) is 3. The minimum atomic E-state index is -0.110.